The molecule has 144 valence electrons. The van der Waals surface area contributed by atoms with Crippen LogP contribution in [0.1, 0.15) is 39.5 Å². The number of piperidine rings is 1. The molecule has 2 heterocycles. The SMILES string of the molecule is CC1CC(C)NC(C(CN)C(=O)Nc2ccc(N3CCCCC3)cc2)N1. The molecule has 0 radical (unpaired) electrons. The van der Waals surface area contributed by atoms with Gasteiger partial charge in [-0.05, 0) is 63.8 Å². The maximum absolute atomic E-state index is 12.8. The first-order valence-corrected chi connectivity index (χ1v) is 9.95. The van der Waals surface area contributed by atoms with Gasteiger partial charge in [-0.2, -0.15) is 0 Å². The molecule has 0 aliphatic carbocycles. The van der Waals surface area contributed by atoms with Gasteiger partial charge >= 0.3 is 0 Å². The van der Waals surface area contributed by atoms with E-state index in [0.717, 1.165) is 25.2 Å². The number of benzene rings is 1. The Kier molecular flexibility index (Phi) is 6.51. The van der Waals surface area contributed by atoms with Gasteiger partial charge in [0, 0.05) is 43.1 Å². The normalized spacial score (nSPS) is 27.8. The Morgan fingerprint density at radius 2 is 1.77 bits per heavy atom. The van der Waals surface area contributed by atoms with E-state index in [9.17, 15) is 4.79 Å². The number of anilines is 2. The molecule has 2 fully saturated rings. The van der Waals surface area contributed by atoms with Crippen LogP contribution < -0.4 is 26.6 Å². The van der Waals surface area contributed by atoms with Crippen LogP contribution in [0.4, 0.5) is 11.4 Å². The number of nitrogens with two attached hydrogens (primary N) is 1. The molecular weight excluding hydrogens is 326 g/mol. The predicted octanol–water partition coefficient (Wildman–Crippen LogP) is 1.88. The summed E-state index contributed by atoms with van der Waals surface area (Å²) in [5, 5.41) is 9.95. The van der Waals surface area contributed by atoms with Gasteiger partial charge in [0.15, 0.2) is 0 Å². The number of carbonyl (C=O) groups is 1. The highest BCUT2D eigenvalue weighted by molar-refractivity contribution is 5.93. The van der Waals surface area contributed by atoms with Crippen molar-refractivity contribution in [3.05, 3.63) is 24.3 Å². The number of rotatable bonds is 5. The summed E-state index contributed by atoms with van der Waals surface area (Å²) in [4.78, 5) is 15.2. The van der Waals surface area contributed by atoms with E-state index in [4.69, 9.17) is 5.73 Å². The highest BCUT2D eigenvalue weighted by Gasteiger charge is 2.32. The molecule has 0 saturated carbocycles. The molecule has 0 aromatic heterocycles. The third-order valence-electron chi connectivity index (χ3n) is 5.48. The van der Waals surface area contributed by atoms with Gasteiger partial charge in [0.2, 0.25) is 5.91 Å². The van der Waals surface area contributed by atoms with Crippen molar-refractivity contribution in [2.75, 3.05) is 29.9 Å². The second kappa shape index (κ2) is 8.84. The van der Waals surface area contributed by atoms with Gasteiger partial charge in [0.05, 0.1) is 12.1 Å². The molecule has 0 bridgehead atoms. The molecule has 2 saturated heterocycles. The van der Waals surface area contributed by atoms with Gasteiger partial charge in [-0.15, -0.1) is 0 Å². The van der Waals surface area contributed by atoms with Crippen LogP contribution in [-0.2, 0) is 4.79 Å². The number of nitrogens with zero attached hydrogens (tertiary/aromatic N) is 1. The van der Waals surface area contributed by atoms with Gasteiger partial charge in [-0.25, -0.2) is 0 Å². The molecule has 2 aliphatic heterocycles. The Hall–Kier alpha value is -1.63. The van der Waals surface area contributed by atoms with Crippen molar-refractivity contribution in [1.82, 2.24) is 10.6 Å². The minimum absolute atomic E-state index is 0.0375. The third kappa shape index (κ3) is 4.75. The monoisotopic (exact) mass is 359 g/mol. The first-order valence-electron chi connectivity index (χ1n) is 9.95. The van der Waals surface area contributed by atoms with E-state index in [1.54, 1.807) is 0 Å². The fourth-order valence-electron chi connectivity index (χ4n) is 4.10. The first kappa shape index (κ1) is 19.1. The second-order valence-electron chi connectivity index (χ2n) is 7.77. The lowest BCUT2D eigenvalue weighted by atomic mass is 9.98. The van der Waals surface area contributed by atoms with Crippen molar-refractivity contribution in [2.24, 2.45) is 11.7 Å². The largest absolute Gasteiger partial charge is 0.372 e. The highest BCUT2D eigenvalue weighted by Crippen LogP contribution is 2.22. The van der Waals surface area contributed by atoms with Crippen LogP contribution in [0, 0.1) is 5.92 Å². The Bertz CT molecular complexity index is 574. The van der Waals surface area contributed by atoms with Crippen LogP contribution in [-0.4, -0.2) is 43.8 Å². The molecule has 3 unspecified atom stereocenters. The zero-order valence-electron chi connectivity index (χ0n) is 16.0. The minimum Gasteiger partial charge on any atom is -0.372 e. The van der Waals surface area contributed by atoms with E-state index in [1.807, 2.05) is 12.1 Å². The molecule has 5 N–H and O–H groups in total. The Labute approximate surface area is 156 Å². The number of carbonyl (C=O) groups excluding carboxylic acids is 1. The summed E-state index contributed by atoms with van der Waals surface area (Å²) in [5.74, 6) is -0.341. The number of nitrogens with one attached hydrogen (secondary N) is 3. The number of amides is 1. The van der Waals surface area contributed by atoms with E-state index in [-0.39, 0.29) is 18.0 Å². The van der Waals surface area contributed by atoms with Crippen molar-refractivity contribution < 1.29 is 4.79 Å². The summed E-state index contributed by atoms with van der Waals surface area (Å²) in [7, 11) is 0. The zero-order valence-corrected chi connectivity index (χ0v) is 16.0. The topological polar surface area (TPSA) is 82.4 Å². The standard InChI is InChI=1S/C20H33N5O/c1-14-12-15(2)23-19(22-14)18(13-21)20(26)24-16-6-8-17(9-7-16)25-10-4-3-5-11-25/h6-9,14-15,18-19,22-23H,3-5,10-13,21H2,1-2H3,(H,24,26). The zero-order chi connectivity index (χ0) is 18.5. The van der Waals surface area contributed by atoms with Gasteiger partial charge < -0.3 is 16.0 Å². The Morgan fingerprint density at radius 3 is 2.35 bits per heavy atom. The molecule has 3 atom stereocenters. The second-order valence-corrected chi connectivity index (χ2v) is 7.77. The van der Waals surface area contributed by atoms with Crippen LogP contribution in [0.15, 0.2) is 24.3 Å². The Balaban J connectivity index is 1.60. The van der Waals surface area contributed by atoms with Crippen LogP contribution in [0.3, 0.4) is 0 Å². The molecule has 6 heteroatoms. The number of hydrogen-bond acceptors (Lipinski definition) is 5. The molecule has 1 amide bonds. The molecule has 1 aromatic rings. The van der Waals surface area contributed by atoms with E-state index in [2.05, 4.69) is 46.8 Å². The maximum atomic E-state index is 12.8. The summed E-state index contributed by atoms with van der Waals surface area (Å²) in [6, 6.07) is 8.92. The fourth-order valence-corrected chi connectivity index (χ4v) is 4.10. The van der Waals surface area contributed by atoms with E-state index in [1.165, 1.54) is 24.9 Å². The average molecular weight is 360 g/mol. The van der Waals surface area contributed by atoms with Gasteiger partial charge in [0.25, 0.3) is 0 Å². The predicted molar refractivity (Wildman–Crippen MR) is 107 cm³/mol. The van der Waals surface area contributed by atoms with Gasteiger partial charge in [-0.1, -0.05) is 0 Å². The molecule has 6 nitrogen and oxygen atoms in total. The third-order valence-corrected chi connectivity index (χ3v) is 5.48. The van der Waals surface area contributed by atoms with Crippen molar-refractivity contribution >= 4 is 17.3 Å². The fraction of sp³-hybridized carbons (Fsp3) is 0.650. The quantitative estimate of drug-likeness (QED) is 0.645. The van der Waals surface area contributed by atoms with Crippen LogP contribution in [0.5, 0.6) is 0 Å². The molecule has 0 spiro atoms. The molecular formula is C20H33N5O. The van der Waals surface area contributed by atoms with E-state index >= 15 is 0 Å². The van der Waals surface area contributed by atoms with E-state index < -0.39 is 0 Å². The summed E-state index contributed by atoms with van der Waals surface area (Å²) in [6.07, 6.45) is 4.80. The summed E-state index contributed by atoms with van der Waals surface area (Å²) in [6.45, 7) is 6.85. The lowest BCUT2D eigenvalue weighted by Crippen LogP contribution is -2.62. The van der Waals surface area contributed by atoms with Crippen molar-refractivity contribution in [3.63, 3.8) is 0 Å². The minimum atomic E-state index is -0.304. The molecule has 2 aliphatic rings. The van der Waals surface area contributed by atoms with Gasteiger partial charge in [-0.3, -0.25) is 15.4 Å². The van der Waals surface area contributed by atoms with Crippen molar-refractivity contribution in [3.8, 4) is 0 Å². The maximum Gasteiger partial charge on any atom is 0.231 e. The van der Waals surface area contributed by atoms with Crippen LogP contribution in [0.25, 0.3) is 0 Å². The Morgan fingerprint density at radius 1 is 1.15 bits per heavy atom. The van der Waals surface area contributed by atoms with E-state index in [0.29, 0.717) is 18.6 Å². The smallest absolute Gasteiger partial charge is 0.231 e. The van der Waals surface area contributed by atoms with Crippen molar-refractivity contribution in [1.29, 1.82) is 0 Å². The molecule has 1 aromatic carbocycles. The summed E-state index contributed by atoms with van der Waals surface area (Å²) >= 11 is 0. The molecule has 26 heavy (non-hydrogen) atoms. The highest BCUT2D eigenvalue weighted by atomic mass is 16.2. The first-order chi connectivity index (χ1) is 12.6. The number of hydrogen-bond donors (Lipinski definition) is 4. The summed E-state index contributed by atoms with van der Waals surface area (Å²) in [5.41, 5.74) is 7.98. The lowest BCUT2D eigenvalue weighted by molar-refractivity contribution is -0.121. The van der Waals surface area contributed by atoms with Crippen LogP contribution >= 0.6 is 0 Å². The molecule has 3 rings (SSSR count). The van der Waals surface area contributed by atoms with Gasteiger partial charge in [0.1, 0.15) is 0 Å². The average Bonchev–Trinajstić information content (AvgIpc) is 2.63. The summed E-state index contributed by atoms with van der Waals surface area (Å²) < 4.78 is 0. The van der Waals surface area contributed by atoms with Crippen molar-refractivity contribution in [2.45, 2.75) is 57.8 Å². The lowest BCUT2D eigenvalue weighted by Gasteiger charge is -2.38. The van der Waals surface area contributed by atoms with Crippen LogP contribution in [0.2, 0.25) is 0 Å².